The number of benzene rings is 1. The average molecular weight is 238 g/mol. The van der Waals surface area contributed by atoms with E-state index >= 15 is 0 Å². The topological polar surface area (TPSA) is 29.3 Å². The van der Waals surface area contributed by atoms with Gasteiger partial charge in [-0.3, -0.25) is 0 Å². The molecule has 0 radical (unpaired) electrons. The number of nitrogens with two attached hydrogens (primary N) is 1. The molecule has 0 aliphatic rings. The van der Waals surface area contributed by atoms with E-state index in [1.165, 1.54) is 6.07 Å². The first-order chi connectivity index (χ1) is 7.81. The van der Waals surface area contributed by atoms with Crippen molar-refractivity contribution in [2.45, 2.75) is 45.7 Å². The molecular weight excluding hydrogens is 215 g/mol. The number of hydrogen-bond donors (Lipinski definition) is 1. The molecule has 2 N–H and O–H groups in total. The number of rotatable bonds is 4. The second-order valence-electron chi connectivity index (χ2n) is 5.19. The van der Waals surface area contributed by atoms with Gasteiger partial charge in [0.1, 0.15) is 5.82 Å². The lowest BCUT2D eigenvalue weighted by Crippen LogP contribution is -2.41. The quantitative estimate of drug-likeness (QED) is 0.870. The molecule has 2 nitrogen and oxygen atoms in total. The summed E-state index contributed by atoms with van der Waals surface area (Å²) in [5, 5.41) is 0. The van der Waals surface area contributed by atoms with Crippen molar-refractivity contribution in [1.82, 2.24) is 0 Å². The van der Waals surface area contributed by atoms with E-state index in [0.717, 1.165) is 12.1 Å². The van der Waals surface area contributed by atoms with Gasteiger partial charge in [-0.15, -0.1) is 0 Å². The second kappa shape index (κ2) is 5.05. The molecule has 3 heteroatoms. The van der Waals surface area contributed by atoms with Crippen LogP contribution in [0.4, 0.5) is 10.1 Å². The van der Waals surface area contributed by atoms with E-state index < -0.39 is 0 Å². The Labute approximate surface area is 104 Å². The normalized spacial score (nSPS) is 13.6. The van der Waals surface area contributed by atoms with E-state index in [0.29, 0.717) is 5.56 Å². The minimum absolute atomic E-state index is 0.0164. The van der Waals surface area contributed by atoms with E-state index in [-0.39, 0.29) is 17.4 Å². The van der Waals surface area contributed by atoms with E-state index in [1.54, 1.807) is 6.07 Å². The van der Waals surface area contributed by atoms with Crippen LogP contribution in [0, 0.1) is 5.82 Å². The van der Waals surface area contributed by atoms with Crippen molar-refractivity contribution in [2.75, 3.05) is 11.9 Å². The highest BCUT2D eigenvalue weighted by atomic mass is 19.1. The van der Waals surface area contributed by atoms with Crippen molar-refractivity contribution in [2.24, 2.45) is 5.73 Å². The van der Waals surface area contributed by atoms with Crippen LogP contribution in [-0.4, -0.2) is 12.6 Å². The molecule has 17 heavy (non-hydrogen) atoms. The Kier molecular flexibility index (Phi) is 4.15. The standard InChI is InChI=1S/C14H23FN2/c1-6-14(3,4)17(5)12-9-7-8-11(15)13(12)10(2)16/h7-10H,6,16H2,1-5H3/t10-/m1/s1. The van der Waals surface area contributed by atoms with Crippen molar-refractivity contribution >= 4 is 5.69 Å². The summed E-state index contributed by atoms with van der Waals surface area (Å²) in [6.45, 7) is 8.22. The Hall–Kier alpha value is -1.09. The summed E-state index contributed by atoms with van der Waals surface area (Å²) < 4.78 is 13.8. The Morgan fingerprint density at radius 1 is 1.41 bits per heavy atom. The van der Waals surface area contributed by atoms with Crippen molar-refractivity contribution in [3.8, 4) is 0 Å². The average Bonchev–Trinajstić information content (AvgIpc) is 2.27. The van der Waals surface area contributed by atoms with Crippen molar-refractivity contribution in [3.05, 3.63) is 29.6 Å². The fourth-order valence-electron chi connectivity index (χ4n) is 1.83. The number of hydrogen-bond acceptors (Lipinski definition) is 2. The van der Waals surface area contributed by atoms with Gasteiger partial charge in [-0.2, -0.15) is 0 Å². The minimum Gasteiger partial charge on any atom is -0.369 e. The lowest BCUT2D eigenvalue weighted by Gasteiger charge is -2.38. The number of nitrogens with zero attached hydrogens (tertiary/aromatic N) is 1. The second-order valence-corrected chi connectivity index (χ2v) is 5.19. The maximum absolute atomic E-state index is 13.8. The summed E-state index contributed by atoms with van der Waals surface area (Å²) in [7, 11) is 1.99. The van der Waals surface area contributed by atoms with Gasteiger partial charge in [0, 0.05) is 29.9 Å². The lowest BCUT2D eigenvalue weighted by molar-refractivity contribution is 0.467. The third kappa shape index (κ3) is 2.78. The van der Waals surface area contributed by atoms with E-state index in [2.05, 4.69) is 25.7 Å². The van der Waals surface area contributed by atoms with Crippen LogP contribution < -0.4 is 10.6 Å². The van der Waals surface area contributed by atoms with E-state index in [9.17, 15) is 4.39 Å². The van der Waals surface area contributed by atoms with Gasteiger partial charge in [-0.1, -0.05) is 13.0 Å². The molecule has 0 saturated carbocycles. The lowest BCUT2D eigenvalue weighted by atomic mass is 9.96. The molecule has 0 bridgehead atoms. The summed E-state index contributed by atoms with van der Waals surface area (Å²) in [4.78, 5) is 2.11. The Balaban J connectivity index is 3.27. The third-order valence-electron chi connectivity index (χ3n) is 3.62. The van der Waals surface area contributed by atoms with Crippen LogP contribution >= 0.6 is 0 Å². The highest BCUT2D eigenvalue weighted by Crippen LogP contribution is 2.32. The van der Waals surface area contributed by atoms with Crippen LogP contribution in [-0.2, 0) is 0 Å². The van der Waals surface area contributed by atoms with Gasteiger partial charge >= 0.3 is 0 Å². The zero-order valence-electron chi connectivity index (χ0n) is 11.4. The number of anilines is 1. The maximum atomic E-state index is 13.8. The van der Waals surface area contributed by atoms with Crippen LogP contribution in [0.3, 0.4) is 0 Å². The Morgan fingerprint density at radius 3 is 2.47 bits per heavy atom. The van der Waals surface area contributed by atoms with Gasteiger partial charge in [0.2, 0.25) is 0 Å². The molecule has 0 amide bonds. The van der Waals surface area contributed by atoms with Crippen molar-refractivity contribution < 1.29 is 4.39 Å². The number of halogens is 1. The molecular formula is C14H23FN2. The third-order valence-corrected chi connectivity index (χ3v) is 3.62. The first-order valence-corrected chi connectivity index (χ1v) is 6.09. The molecule has 0 aromatic heterocycles. The highest BCUT2D eigenvalue weighted by Gasteiger charge is 2.25. The van der Waals surface area contributed by atoms with E-state index in [4.69, 9.17) is 5.73 Å². The van der Waals surface area contributed by atoms with Gasteiger partial charge in [-0.25, -0.2) is 4.39 Å². The zero-order chi connectivity index (χ0) is 13.2. The first kappa shape index (κ1) is 14.0. The molecule has 0 aliphatic heterocycles. The summed E-state index contributed by atoms with van der Waals surface area (Å²) in [5.74, 6) is -0.226. The Bertz CT molecular complexity index is 386. The predicted octanol–water partition coefficient (Wildman–Crippen LogP) is 3.47. The Morgan fingerprint density at radius 2 is 2.00 bits per heavy atom. The zero-order valence-corrected chi connectivity index (χ0v) is 11.4. The minimum atomic E-state index is -0.304. The molecule has 1 aromatic carbocycles. The van der Waals surface area contributed by atoms with Crippen LogP contribution in [0.25, 0.3) is 0 Å². The molecule has 0 spiro atoms. The summed E-state index contributed by atoms with van der Waals surface area (Å²) in [6, 6.07) is 4.83. The molecule has 0 unspecified atom stereocenters. The summed E-state index contributed by atoms with van der Waals surface area (Å²) >= 11 is 0. The smallest absolute Gasteiger partial charge is 0.130 e. The van der Waals surface area contributed by atoms with Crippen LogP contribution in [0.2, 0.25) is 0 Å². The monoisotopic (exact) mass is 238 g/mol. The summed E-state index contributed by atoms with van der Waals surface area (Å²) in [5.41, 5.74) is 7.33. The molecule has 0 saturated heterocycles. The van der Waals surface area contributed by atoms with Crippen LogP contribution in [0.1, 0.15) is 45.7 Å². The van der Waals surface area contributed by atoms with Crippen LogP contribution in [0.5, 0.6) is 0 Å². The maximum Gasteiger partial charge on any atom is 0.130 e. The fraction of sp³-hybridized carbons (Fsp3) is 0.571. The first-order valence-electron chi connectivity index (χ1n) is 6.09. The van der Waals surface area contributed by atoms with Crippen molar-refractivity contribution in [1.29, 1.82) is 0 Å². The van der Waals surface area contributed by atoms with Gasteiger partial charge in [-0.05, 0) is 39.3 Å². The molecule has 1 aromatic rings. The van der Waals surface area contributed by atoms with Crippen LogP contribution in [0.15, 0.2) is 18.2 Å². The SMILES string of the molecule is CCC(C)(C)N(C)c1cccc(F)c1[C@@H](C)N. The molecule has 0 aliphatic carbocycles. The molecule has 0 fully saturated rings. The van der Waals surface area contributed by atoms with Gasteiger partial charge in [0.05, 0.1) is 0 Å². The highest BCUT2D eigenvalue weighted by molar-refractivity contribution is 5.56. The molecule has 1 rings (SSSR count). The van der Waals surface area contributed by atoms with Gasteiger partial charge in [0.25, 0.3) is 0 Å². The fourth-order valence-corrected chi connectivity index (χ4v) is 1.83. The van der Waals surface area contributed by atoms with E-state index in [1.807, 2.05) is 20.0 Å². The predicted molar refractivity (Wildman–Crippen MR) is 71.8 cm³/mol. The van der Waals surface area contributed by atoms with Gasteiger partial charge in [0.15, 0.2) is 0 Å². The molecule has 1 atom stereocenters. The largest absolute Gasteiger partial charge is 0.369 e. The van der Waals surface area contributed by atoms with Crippen molar-refractivity contribution in [3.63, 3.8) is 0 Å². The molecule has 96 valence electrons. The van der Waals surface area contributed by atoms with Gasteiger partial charge < -0.3 is 10.6 Å². The summed E-state index contributed by atoms with van der Waals surface area (Å²) in [6.07, 6.45) is 0.985. The molecule has 0 heterocycles.